The number of carbonyl (C=O) groups is 2. The van der Waals surface area contributed by atoms with Gasteiger partial charge in [-0.1, -0.05) is 68.4 Å². The second-order valence-corrected chi connectivity index (χ2v) is 9.67. The fourth-order valence-corrected chi connectivity index (χ4v) is 4.50. The average molecular weight is 483 g/mol. The van der Waals surface area contributed by atoms with Crippen LogP contribution >= 0.6 is 0 Å². The van der Waals surface area contributed by atoms with Gasteiger partial charge in [-0.2, -0.15) is 4.72 Å². The van der Waals surface area contributed by atoms with Crippen LogP contribution < -0.4 is 14.8 Å². The molecular weight excluding hydrogens is 456 g/mol. The summed E-state index contributed by atoms with van der Waals surface area (Å²) >= 11 is 0. The Morgan fingerprint density at radius 2 is 1.44 bits per heavy atom. The van der Waals surface area contributed by atoms with Crippen molar-refractivity contribution >= 4 is 22.1 Å². The number of sulfonamides is 1. The minimum Gasteiger partial charge on any atom is -0.480 e. The summed E-state index contributed by atoms with van der Waals surface area (Å²) in [6.45, 7) is 3.61. The molecule has 0 saturated carbocycles. The molecule has 0 saturated heterocycles. The minimum absolute atomic E-state index is 0.0295. The van der Waals surface area contributed by atoms with Gasteiger partial charge in [-0.15, -0.1) is 0 Å². The highest BCUT2D eigenvalue weighted by atomic mass is 32.2. The molecule has 3 aromatic rings. The first-order valence-electron chi connectivity index (χ1n) is 10.6. The maximum absolute atomic E-state index is 12.6. The highest BCUT2D eigenvalue weighted by Gasteiger charge is 2.27. The monoisotopic (exact) mass is 482 g/mol. The maximum Gasteiger partial charge on any atom is 0.412 e. The molecule has 0 aliphatic rings. The summed E-state index contributed by atoms with van der Waals surface area (Å²) in [5.74, 6) is -1.27. The highest BCUT2D eigenvalue weighted by molar-refractivity contribution is 7.89. The van der Waals surface area contributed by atoms with Gasteiger partial charge < -0.3 is 15.2 Å². The molecule has 178 valence electrons. The standard InChI is InChI=1S/C25H26N2O6S/c1-17(2)23(24(28)29)27-34(31,32)22-14-10-20(11-15-22)19-8-12-21(13-9-19)33-25(30)26-16-18-6-4-3-5-7-18/h3-15,17,23,27H,16H2,1-2H3,(H,26,30)(H,28,29)/t23-/m1/s1. The molecule has 0 bridgehead atoms. The first-order valence-corrected chi connectivity index (χ1v) is 12.1. The van der Waals surface area contributed by atoms with Crippen molar-refractivity contribution in [3.05, 3.63) is 84.4 Å². The third-order valence-corrected chi connectivity index (χ3v) is 6.51. The van der Waals surface area contributed by atoms with E-state index in [1.54, 1.807) is 50.2 Å². The number of hydrogen-bond acceptors (Lipinski definition) is 5. The van der Waals surface area contributed by atoms with Crippen LogP contribution in [0.3, 0.4) is 0 Å². The number of nitrogens with one attached hydrogen (secondary N) is 2. The van der Waals surface area contributed by atoms with E-state index in [-0.39, 0.29) is 4.90 Å². The number of ether oxygens (including phenoxy) is 1. The lowest BCUT2D eigenvalue weighted by Gasteiger charge is -2.18. The highest BCUT2D eigenvalue weighted by Crippen LogP contribution is 2.24. The summed E-state index contributed by atoms with van der Waals surface area (Å²) in [6.07, 6.45) is -0.570. The molecule has 8 nitrogen and oxygen atoms in total. The first-order chi connectivity index (χ1) is 16.2. The van der Waals surface area contributed by atoms with E-state index in [4.69, 9.17) is 4.74 Å². The molecule has 3 aromatic carbocycles. The van der Waals surface area contributed by atoms with Crippen LogP contribution in [0.1, 0.15) is 19.4 Å². The van der Waals surface area contributed by atoms with Crippen LogP contribution in [0.4, 0.5) is 4.79 Å². The van der Waals surface area contributed by atoms with Gasteiger partial charge in [0.25, 0.3) is 0 Å². The first kappa shape index (κ1) is 24.9. The van der Waals surface area contributed by atoms with E-state index < -0.39 is 34.0 Å². The number of amides is 1. The lowest BCUT2D eigenvalue weighted by molar-refractivity contribution is -0.140. The van der Waals surface area contributed by atoms with Gasteiger partial charge >= 0.3 is 12.1 Å². The van der Waals surface area contributed by atoms with Crippen molar-refractivity contribution in [2.75, 3.05) is 0 Å². The summed E-state index contributed by atoms with van der Waals surface area (Å²) in [4.78, 5) is 23.3. The normalized spacial score (nSPS) is 12.2. The molecule has 0 spiro atoms. The largest absolute Gasteiger partial charge is 0.480 e. The van der Waals surface area contributed by atoms with Crippen molar-refractivity contribution < 1.29 is 27.9 Å². The SMILES string of the molecule is CC(C)[C@@H](NS(=O)(=O)c1ccc(-c2ccc(OC(=O)NCc3ccccc3)cc2)cc1)C(=O)O. The molecule has 3 rings (SSSR count). The summed E-state index contributed by atoms with van der Waals surface area (Å²) in [7, 11) is -3.99. The summed E-state index contributed by atoms with van der Waals surface area (Å²) < 4.78 is 32.6. The Balaban J connectivity index is 1.62. The van der Waals surface area contributed by atoms with Gasteiger partial charge in [-0.25, -0.2) is 13.2 Å². The molecule has 0 radical (unpaired) electrons. The van der Waals surface area contributed by atoms with Crippen LogP contribution in [0.25, 0.3) is 11.1 Å². The zero-order valence-corrected chi connectivity index (χ0v) is 19.6. The lowest BCUT2D eigenvalue weighted by Crippen LogP contribution is -2.44. The average Bonchev–Trinajstić information content (AvgIpc) is 2.82. The van der Waals surface area contributed by atoms with Gasteiger partial charge in [-0.3, -0.25) is 4.79 Å². The quantitative estimate of drug-likeness (QED) is 0.423. The van der Waals surface area contributed by atoms with Crippen LogP contribution in [0.2, 0.25) is 0 Å². The van der Waals surface area contributed by atoms with Crippen LogP contribution in [0, 0.1) is 5.92 Å². The zero-order chi connectivity index (χ0) is 24.7. The number of carboxylic acid groups (broad SMARTS) is 1. The Labute approximate surface area is 198 Å². The van der Waals surface area contributed by atoms with E-state index in [1.807, 2.05) is 30.3 Å². The number of carboxylic acids is 1. The Kier molecular flexibility index (Phi) is 8.04. The van der Waals surface area contributed by atoms with Crippen molar-refractivity contribution in [2.45, 2.75) is 31.3 Å². The molecule has 3 N–H and O–H groups in total. The van der Waals surface area contributed by atoms with Gasteiger partial charge in [0, 0.05) is 6.54 Å². The minimum atomic E-state index is -3.99. The molecule has 34 heavy (non-hydrogen) atoms. The number of hydrogen-bond donors (Lipinski definition) is 3. The van der Waals surface area contributed by atoms with Crippen molar-refractivity contribution in [3.8, 4) is 16.9 Å². The van der Waals surface area contributed by atoms with Crippen molar-refractivity contribution in [3.63, 3.8) is 0 Å². The van der Waals surface area contributed by atoms with Crippen LogP contribution in [-0.2, 0) is 21.4 Å². The molecule has 0 fully saturated rings. The second kappa shape index (κ2) is 11.0. The molecule has 1 atom stereocenters. The predicted molar refractivity (Wildman–Crippen MR) is 128 cm³/mol. The van der Waals surface area contributed by atoms with Crippen LogP contribution in [0.5, 0.6) is 5.75 Å². The molecular formula is C25H26N2O6S. The maximum atomic E-state index is 12.6. The molecule has 1 amide bonds. The summed E-state index contributed by atoms with van der Waals surface area (Å²) in [6, 6.07) is 21.1. The van der Waals surface area contributed by atoms with Crippen molar-refractivity contribution in [2.24, 2.45) is 5.92 Å². The predicted octanol–water partition coefficient (Wildman–Crippen LogP) is 4.03. The molecule has 0 heterocycles. The summed E-state index contributed by atoms with van der Waals surface area (Å²) in [5, 5.41) is 11.9. The Morgan fingerprint density at radius 3 is 1.97 bits per heavy atom. The van der Waals surface area contributed by atoms with Crippen molar-refractivity contribution in [1.29, 1.82) is 0 Å². The number of benzene rings is 3. The van der Waals surface area contributed by atoms with E-state index in [0.717, 1.165) is 16.7 Å². The van der Waals surface area contributed by atoms with Gasteiger partial charge in [-0.05, 0) is 46.9 Å². The molecule has 0 aliphatic carbocycles. The van der Waals surface area contributed by atoms with Gasteiger partial charge in [0.05, 0.1) is 4.90 Å². The number of rotatable bonds is 9. The van der Waals surface area contributed by atoms with E-state index >= 15 is 0 Å². The van der Waals surface area contributed by atoms with Gasteiger partial charge in [0.2, 0.25) is 10.0 Å². The number of aliphatic carboxylic acids is 1. The second-order valence-electron chi connectivity index (χ2n) is 7.96. The third kappa shape index (κ3) is 6.66. The van der Waals surface area contributed by atoms with Crippen LogP contribution in [0.15, 0.2) is 83.8 Å². The van der Waals surface area contributed by atoms with Crippen molar-refractivity contribution in [1.82, 2.24) is 10.0 Å². The van der Waals surface area contributed by atoms with Gasteiger partial charge in [0.1, 0.15) is 11.8 Å². The number of carbonyl (C=O) groups excluding carboxylic acids is 1. The fraction of sp³-hybridized carbons (Fsp3) is 0.200. The fourth-order valence-electron chi connectivity index (χ4n) is 3.16. The van der Waals surface area contributed by atoms with E-state index in [2.05, 4.69) is 10.0 Å². The van der Waals surface area contributed by atoms with E-state index in [1.165, 1.54) is 12.1 Å². The smallest absolute Gasteiger partial charge is 0.412 e. The molecule has 0 unspecified atom stereocenters. The zero-order valence-electron chi connectivity index (χ0n) is 18.8. The topological polar surface area (TPSA) is 122 Å². The van der Waals surface area contributed by atoms with E-state index in [0.29, 0.717) is 12.3 Å². The molecule has 9 heteroatoms. The third-order valence-electron chi connectivity index (χ3n) is 5.06. The summed E-state index contributed by atoms with van der Waals surface area (Å²) in [5.41, 5.74) is 2.50. The molecule has 0 aliphatic heterocycles. The molecule has 0 aromatic heterocycles. The Bertz CT molecular complexity index is 1220. The van der Waals surface area contributed by atoms with E-state index in [9.17, 15) is 23.1 Å². The Morgan fingerprint density at radius 1 is 0.882 bits per heavy atom. The van der Waals surface area contributed by atoms with Gasteiger partial charge in [0.15, 0.2) is 0 Å². The lowest BCUT2D eigenvalue weighted by atomic mass is 10.1. The van der Waals surface area contributed by atoms with Crippen LogP contribution in [-0.4, -0.2) is 31.6 Å². The Hall–Kier alpha value is -3.69.